The van der Waals surface area contributed by atoms with Gasteiger partial charge in [-0.2, -0.15) is 5.26 Å². The molecule has 2 rings (SSSR count). The summed E-state index contributed by atoms with van der Waals surface area (Å²) < 4.78 is 0. The fourth-order valence-electron chi connectivity index (χ4n) is 2.42. The van der Waals surface area contributed by atoms with E-state index in [0.29, 0.717) is 0 Å². The summed E-state index contributed by atoms with van der Waals surface area (Å²) >= 11 is 0. The van der Waals surface area contributed by atoms with Gasteiger partial charge in [0.2, 0.25) is 0 Å². The maximum atomic E-state index is 9.48. The fourth-order valence-corrected chi connectivity index (χ4v) is 2.42. The Morgan fingerprint density at radius 2 is 1.88 bits per heavy atom. The van der Waals surface area contributed by atoms with Gasteiger partial charge >= 0.3 is 0 Å². The first kappa shape index (κ1) is 11.9. The van der Waals surface area contributed by atoms with Crippen molar-refractivity contribution in [1.29, 1.82) is 5.26 Å². The Morgan fingerprint density at radius 1 is 1.18 bits per heavy atom. The minimum absolute atomic E-state index is 0.222. The zero-order valence-corrected chi connectivity index (χ0v) is 9.97. The summed E-state index contributed by atoms with van der Waals surface area (Å²) in [4.78, 5) is 2.22. The van der Waals surface area contributed by atoms with Gasteiger partial charge in [0.05, 0.1) is 6.07 Å². The summed E-state index contributed by atoms with van der Waals surface area (Å²) in [6.07, 6.45) is 4.84. The van der Waals surface area contributed by atoms with Gasteiger partial charge in [0.1, 0.15) is 11.8 Å². The number of hydrogen-bond donors (Lipinski definition) is 1. The van der Waals surface area contributed by atoms with Crippen LogP contribution in [0.5, 0.6) is 5.75 Å². The Morgan fingerprint density at radius 3 is 2.47 bits per heavy atom. The average Bonchev–Trinajstić information content (AvgIpc) is 2.59. The third kappa shape index (κ3) is 2.98. The molecule has 1 saturated heterocycles. The van der Waals surface area contributed by atoms with Crippen LogP contribution in [-0.4, -0.2) is 23.1 Å². The Kier molecular flexibility index (Phi) is 4.00. The van der Waals surface area contributed by atoms with E-state index >= 15 is 0 Å². The summed E-state index contributed by atoms with van der Waals surface area (Å²) in [5.41, 5.74) is 0.898. The Balaban J connectivity index is 2.18. The first-order valence-electron chi connectivity index (χ1n) is 6.24. The van der Waals surface area contributed by atoms with E-state index < -0.39 is 0 Å². The van der Waals surface area contributed by atoms with Gasteiger partial charge in [0.25, 0.3) is 0 Å². The molecule has 1 aromatic carbocycles. The molecule has 1 atom stereocenters. The molecule has 1 unspecified atom stereocenters. The van der Waals surface area contributed by atoms with Crippen LogP contribution in [0.1, 0.15) is 37.3 Å². The van der Waals surface area contributed by atoms with Gasteiger partial charge in [-0.3, -0.25) is 4.90 Å². The molecule has 90 valence electrons. The van der Waals surface area contributed by atoms with Crippen LogP contribution in [0.25, 0.3) is 0 Å². The van der Waals surface area contributed by atoms with Crippen LogP contribution in [0, 0.1) is 11.3 Å². The van der Waals surface area contributed by atoms with Crippen LogP contribution in [0.3, 0.4) is 0 Å². The van der Waals surface area contributed by atoms with E-state index in [1.54, 1.807) is 18.2 Å². The van der Waals surface area contributed by atoms with Gasteiger partial charge in [0, 0.05) is 0 Å². The van der Waals surface area contributed by atoms with Crippen LogP contribution in [0.15, 0.2) is 24.3 Å². The highest BCUT2D eigenvalue weighted by atomic mass is 16.3. The summed E-state index contributed by atoms with van der Waals surface area (Å²) in [7, 11) is 0. The van der Waals surface area contributed by atoms with Crippen molar-refractivity contribution in [3.05, 3.63) is 29.8 Å². The summed E-state index contributed by atoms with van der Waals surface area (Å²) in [5, 5.41) is 18.8. The number of hydrogen-bond acceptors (Lipinski definition) is 3. The lowest BCUT2D eigenvalue weighted by Gasteiger charge is -2.25. The van der Waals surface area contributed by atoms with E-state index in [1.807, 2.05) is 6.07 Å². The summed E-state index contributed by atoms with van der Waals surface area (Å²) in [5.74, 6) is 0.234. The molecular weight excluding hydrogens is 212 g/mol. The molecular formula is C14H18N2O. The smallest absolute Gasteiger partial charge is 0.123 e. The standard InChI is InChI=1S/C14H18N2O/c15-11-14(12-6-5-7-13(17)10-12)16-8-3-1-2-4-9-16/h5-7,10,14,17H,1-4,8-9H2. The van der Waals surface area contributed by atoms with E-state index in [2.05, 4.69) is 11.0 Å². The number of aromatic hydroxyl groups is 1. The largest absolute Gasteiger partial charge is 0.508 e. The maximum absolute atomic E-state index is 9.48. The first-order valence-corrected chi connectivity index (χ1v) is 6.24. The Hall–Kier alpha value is -1.53. The van der Waals surface area contributed by atoms with Crippen molar-refractivity contribution in [3.63, 3.8) is 0 Å². The van der Waals surface area contributed by atoms with Crippen LogP contribution in [-0.2, 0) is 0 Å². The van der Waals surface area contributed by atoms with Crippen molar-refractivity contribution >= 4 is 0 Å². The number of phenols is 1. The molecule has 0 aliphatic carbocycles. The molecule has 17 heavy (non-hydrogen) atoms. The average molecular weight is 230 g/mol. The molecule has 0 saturated carbocycles. The number of nitriles is 1. The predicted molar refractivity (Wildman–Crippen MR) is 66.5 cm³/mol. The van der Waals surface area contributed by atoms with Crippen LogP contribution >= 0.6 is 0 Å². The molecule has 0 bridgehead atoms. The van der Waals surface area contributed by atoms with E-state index in [-0.39, 0.29) is 11.8 Å². The van der Waals surface area contributed by atoms with Crippen molar-refractivity contribution < 1.29 is 5.11 Å². The highest BCUT2D eigenvalue weighted by molar-refractivity contribution is 5.32. The highest BCUT2D eigenvalue weighted by Crippen LogP contribution is 2.25. The van der Waals surface area contributed by atoms with Gasteiger partial charge in [0.15, 0.2) is 0 Å². The molecule has 1 aliphatic rings. The number of rotatable bonds is 2. The zero-order valence-electron chi connectivity index (χ0n) is 9.97. The van der Waals surface area contributed by atoms with Gasteiger partial charge < -0.3 is 5.11 Å². The number of likely N-dealkylation sites (tertiary alicyclic amines) is 1. The van der Waals surface area contributed by atoms with Gasteiger partial charge in [-0.15, -0.1) is 0 Å². The quantitative estimate of drug-likeness (QED) is 0.849. The first-order chi connectivity index (χ1) is 8.31. The van der Waals surface area contributed by atoms with E-state index in [9.17, 15) is 10.4 Å². The molecule has 0 amide bonds. The third-order valence-corrected chi connectivity index (χ3v) is 3.31. The molecule has 0 radical (unpaired) electrons. The van der Waals surface area contributed by atoms with Crippen molar-refractivity contribution in [1.82, 2.24) is 4.90 Å². The topological polar surface area (TPSA) is 47.3 Å². The number of benzene rings is 1. The fraction of sp³-hybridized carbons (Fsp3) is 0.500. The SMILES string of the molecule is N#CC(c1cccc(O)c1)N1CCCCCC1. The molecule has 1 aliphatic heterocycles. The lowest BCUT2D eigenvalue weighted by atomic mass is 10.1. The maximum Gasteiger partial charge on any atom is 0.123 e. The highest BCUT2D eigenvalue weighted by Gasteiger charge is 2.21. The summed E-state index contributed by atoms with van der Waals surface area (Å²) in [6, 6.07) is 9.18. The second-order valence-electron chi connectivity index (χ2n) is 4.58. The number of nitrogens with zero attached hydrogens (tertiary/aromatic N) is 2. The molecule has 3 nitrogen and oxygen atoms in total. The third-order valence-electron chi connectivity index (χ3n) is 3.31. The summed E-state index contributed by atoms with van der Waals surface area (Å²) in [6.45, 7) is 1.96. The van der Waals surface area contributed by atoms with Gasteiger partial charge in [-0.25, -0.2) is 0 Å². The van der Waals surface area contributed by atoms with E-state index in [0.717, 1.165) is 31.5 Å². The zero-order chi connectivity index (χ0) is 12.1. The normalized spacial score (nSPS) is 19.2. The van der Waals surface area contributed by atoms with Crippen molar-refractivity contribution in [2.24, 2.45) is 0 Å². The number of phenolic OH excluding ortho intramolecular Hbond substituents is 1. The Bertz CT molecular complexity index is 403. The monoisotopic (exact) mass is 230 g/mol. The molecule has 1 heterocycles. The molecule has 0 aromatic heterocycles. The molecule has 1 aromatic rings. The van der Waals surface area contributed by atoms with Crippen LogP contribution < -0.4 is 0 Å². The van der Waals surface area contributed by atoms with Crippen molar-refractivity contribution in [3.8, 4) is 11.8 Å². The van der Waals surface area contributed by atoms with Crippen molar-refractivity contribution in [2.45, 2.75) is 31.7 Å². The van der Waals surface area contributed by atoms with Gasteiger partial charge in [-0.1, -0.05) is 25.0 Å². The second-order valence-corrected chi connectivity index (χ2v) is 4.58. The van der Waals surface area contributed by atoms with E-state index in [4.69, 9.17) is 0 Å². The predicted octanol–water partition coefficient (Wildman–Crippen LogP) is 2.83. The van der Waals surface area contributed by atoms with Crippen molar-refractivity contribution in [2.75, 3.05) is 13.1 Å². The minimum atomic E-state index is -0.222. The molecule has 3 heteroatoms. The second kappa shape index (κ2) is 5.70. The van der Waals surface area contributed by atoms with Crippen LogP contribution in [0.2, 0.25) is 0 Å². The van der Waals surface area contributed by atoms with Crippen LogP contribution in [0.4, 0.5) is 0 Å². The van der Waals surface area contributed by atoms with Gasteiger partial charge in [-0.05, 0) is 43.6 Å². The Labute approximate surface area is 102 Å². The molecule has 0 spiro atoms. The lowest BCUT2D eigenvalue weighted by Crippen LogP contribution is -2.28. The lowest BCUT2D eigenvalue weighted by molar-refractivity contribution is 0.245. The minimum Gasteiger partial charge on any atom is -0.508 e. The van der Waals surface area contributed by atoms with E-state index in [1.165, 1.54) is 12.8 Å². The molecule has 1 fully saturated rings. The molecule has 1 N–H and O–H groups in total.